The zero-order valence-electron chi connectivity index (χ0n) is 23.2. The first-order valence-corrected chi connectivity index (χ1v) is 13.2. The average Bonchev–Trinajstić information content (AvgIpc) is 2.98. The van der Waals surface area contributed by atoms with E-state index in [0.29, 0.717) is 47.1 Å². The third-order valence-corrected chi connectivity index (χ3v) is 6.90. The van der Waals surface area contributed by atoms with E-state index in [0.717, 1.165) is 24.3 Å². The number of benzene rings is 2. The minimum absolute atomic E-state index is 0.0535. The number of carbonyl (C=O) groups excluding carboxylic acids is 1. The predicted molar refractivity (Wildman–Crippen MR) is 158 cm³/mol. The third kappa shape index (κ3) is 6.29. The summed E-state index contributed by atoms with van der Waals surface area (Å²) in [5.41, 5.74) is 1.65. The van der Waals surface area contributed by atoms with Crippen LogP contribution in [0.2, 0.25) is 0 Å². The molecule has 2 aromatic heterocycles. The zero-order valence-corrected chi connectivity index (χ0v) is 23.2. The number of piperidine rings is 1. The monoisotopic (exact) mass is 557 g/mol. The van der Waals surface area contributed by atoms with Crippen LogP contribution in [0, 0.1) is 5.82 Å². The number of pyridine rings is 1. The van der Waals surface area contributed by atoms with Gasteiger partial charge in [0.2, 0.25) is 5.91 Å². The number of aromatic nitrogens is 3. The Bertz CT molecular complexity index is 1570. The highest BCUT2D eigenvalue weighted by atomic mass is 19.1. The molecule has 0 spiro atoms. The number of rotatable bonds is 9. The van der Waals surface area contributed by atoms with E-state index in [-0.39, 0.29) is 17.6 Å². The molecule has 0 radical (unpaired) electrons. The van der Waals surface area contributed by atoms with Crippen LogP contribution in [0.15, 0.2) is 67.6 Å². The van der Waals surface area contributed by atoms with Gasteiger partial charge in [0.15, 0.2) is 0 Å². The van der Waals surface area contributed by atoms with Gasteiger partial charge in [-0.2, -0.15) is 0 Å². The molecule has 3 heterocycles. The van der Waals surface area contributed by atoms with Crippen LogP contribution in [0.4, 0.5) is 27.4 Å². The van der Waals surface area contributed by atoms with Crippen molar-refractivity contribution in [1.29, 1.82) is 0 Å². The number of carbonyl (C=O) groups is 1. The molecule has 1 amide bonds. The van der Waals surface area contributed by atoms with E-state index < -0.39 is 5.82 Å². The summed E-state index contributed by atoms with van der Waals surface area (Å²) in [5, 5.41) is 7.34. The van der Waals surface area contributed by atoms with Crippen molar-refractivity contribution in [2.24, 2.45) is 0 Å². The van der Waals surface area contributed by atoms with Crippen molar-refractivity contribution in [2.45, 2.75) is 18.9 Å². The number of hydrogen-bond donors (Lipinski definition) is 2. The maximum Gasteiger partial charge on any atom is 0.245 e. The lowest BCUT2D eigenvalue weighted by atomic mass is 10.0. The van der Waals surface area contributed by atoms with Crippen molar-refractivity contribution in [2.75, 3.05) is 49.8 Å². The summed E-state index contributed by atoms with van der Waals surface area (Å²) in [6.45, 7) is 4.86. The van der Waals surface area contributed by atoms with Crippen LogP contribution < -0.4 is 25.0 Å². The van der Waals surface area contributed by atoms with Crippen LogP contribution >= 0.6 is 0 Å². The number of hydrogen-bond acceptors (Lipinski definition) is 9. The Morgan fingerprint density at radius 3 is 2.56 bits per heavy atom. The highest BCUT2D eigenvalue weighted by molar-refractivity contribution is 5.95. The molecule has 2 aromatic carbocycles. The van der Waals surface area contributed by atoms with Gasteiger partial charge in [0.25, 0.3) is 0 Å². The van der Waals surface area contributed by atoms with E-state index in [1.807, 2.05) is 31.1 Å². The molecule has 0 saturated carbocycles. The second-order valence-electron chi connectivity index (χ2n) is 9.85. The van der Waals surface area contributed by atoms with Crippen LogP contribution in [0.25, 0.3) is 10.9 Å². The van der Waals surface area contributed by atoms with Gasteiger partial charge in [0.1, 0.15) is 41.0 Å². The number of nitrogens with zero attached hydrogens (tertiary/aromatic N) is 5. The summed E-state index contributed by atoms with van der Waals surface area (Å²) in [4.78, 5) is 28.6. The smallest absolute Gasteiger partial charge is 0.245 e. The molecule has 2 N–H and O–H groups in total. The largest absolute Gasteiger partial charge is 0.495 e. The second kappa shape index (κ2) is 12.1. The zero-order chi connectivity index (χ0) is 28.9. The summed E-state index contributed by atoms with van der Waals surface area (Å²) in [6.07, 6.45) is 5.98. The normalized spacial score (nSPS) is 13.5. The highest BCUT2D eigenvalue weighted by Gasteiger charge is 2.23. The number of anilines is 4. The maximum absolute atomic E-state index is 15.2. The fraction of sp³-hybridized carbons (Fsp3) is 0.267. The molecule has 10 nitrogen and oxygen atoms in total. The molecule has 0 atom stereocenters. The maximum atomic E-state index is 15.2. The van der Waals surface area contributed by atoms with Crippen LogP contribution in [-0.4, -0.2) is 66.1 Å². The molecule has 5 rings (SSSR count). The van der Waals surface area contributed by atoms with Gasteiger partial charge in [0, 0.05) is 63.0 Å². The number of likely N-dealkylation sites (tertiary alicyclic amines) is 1. The van der Waals surface area contributed by atoms with Gasteiger partial charge in [-0.05, 0) is 43.2 Å². The van der Waals surface area contributed by atoms with Gasteiger partial charge in [-0.3, -0.25) is 4.79 Å². The van der Waals surface area contributed by atoms with Crippen LogP contribution in [0.3, 0.4) is 0 Å². The summed E-state index contributed by atoms with van der Waals surface area (Å²) >= 11 is 0. The predicted octanol–water partition coefficient (Wildman–Crippen LogP) is 5.36. The SMILES string of the molecule is C=CC(=O)N1CCC(Nc2cc3c(Nc4ccc(Oc5ccnc(N(C)C)c5)cc4F)ncnc3cc2OC)CC1. The lowest BCUT2D eigenvalue weighted by molar-refractivity contribution is -0.126. The van der Waals surface area contributed by atoms with E-state index in [1.165, 1.54) is 18.5 Å². The van der Waals surface area contributed by atoms with Crippen molar-refractivity contribution in [3.63, 3.8) is 0 Å². The van der Waals surface area contributed by atoms with E-state index in [1.54, 1.807) is 42.5 Å². The number of nitrogens with one attached hydrogen (secondary N) is 2. The van der Waals surface area contributed by atoms with Crippen molar-refractivity contribution in [3.05, 3.63) is 73.5 Å². The Morgan fingerprint density at radius 2 is 1.85 bits per heavy atom. The topological polar surface area (TPSA) is 105 Å². The fourth-order valence-electron chi connectivity index (χ4n) is 4.69. The molecule has 1 aliphatic rings. The molecule has 1 aliphatic heterocycles. The van der Waals surface area contributed by atoms with E-state index >= 15 is 4.39 Å². The van der Waals surface area contributed by atoms with Crippen LogP contribution in [-0.2, 0) is 4.79 Å². The lowest BCUT2D eigenvalue weighted by Gasteiger charge is -2.32. The number of halogens is 1. The van der Waals surface area contributed by atoms with E-state index in [4.69, 9.17) is 9.47 Å². The molecule has 0 aliphatic carbocycles. The van der Waals surface area contributed by atoms with Gasteiger partial charge >= 0.3 is 0 Å². The first-order valence-electron chi connectivity index (χ1n) is 13.2. The molecule has 41 heavy (non-hydrogen) atoms. The van der Waals surface area contributed by atoms with Crippen molar-refractivity contribution >= 4 is 39.8 Å². The van der Waals surface area contributed by atoms with Gasteiger partial charge in [-0.25, -0.2) is 19.3 Å². The van der Waals surface area contributed by atoms with Gasteiger partial charge in [0.05, 0.1) is 24.0 Å². The van der Waals surface area contributed by atoms with Gasteiger partial charge < -0.3 is 29.9 Å². The second-order valence-corrected chi connectivity index (χ2v) is 9.85. The first kappa shape index (κ1) is 27.6. The number of ether oxygens (including phenoxy) is 2. The Hall–Kier alpha value is -4.93. The summed E-state index contributed by atoms with van der Waals surface area (Å²) in [5.74, 6) is 2.17. The molecule has 0 bridgehead atoms. The Labute approximate surface area is 237 Å². The Morgan fingerprint density at radius 1 is 1.07 bits per heavy atom. The number of amides is 1. The van der Waals surface area contributed by atoms with E-state index in [9.17, 15) is 4.79 Å². The number of fused-ring (bicyclic) bond motifs is 1. The summed E-state index contributed by atoms with van der Waals surface area (Å²) < 4.78 is 26.7. The molecule has 212 valence electrons. The summed E-state index contributed by atoms with van der Waals surface area (Å²) in [6, 6.07) is 12.0. The average molecular weight is 558 g/mol. The highest BCUT2D eigenvalue weighted by Crippen LogP contribution is 2.35. The minimum atomic E-state index is -0.496. The molecule has 11 heteroatoms. The Kier molecular flexibility index (Phi) is 8.14. The van der Waals surface area contributed by atoms with Crippen LogP contribution in [0.1, 0.15) is 12.8 Å². The van der Waals surface area contributed by atoms with Gasteiger partial charge in [-0.1, -0.05) is 6.58 Å². The molecule has 4 aromatic rings. The number of methoxy groups -OCH3 is 1. The van der Waals surface area contributed by atoms with Crippen molar-refractivity contribution in [1.82, 2.24) is 19.9 Å². The third-order valence-electron chi connectivity index (χ3n) is 6.90. The molecule has 1 saturated heterocycles. The first-order chi connectivity index (χ1) is 19.8. The van der Waals surface area contributed by atoms with Crippen molar-refractivity contribution in [3.8, 4) is 17.2 Å². The van der Waals surface area contributed by atoms with Gasteiger partial charge in [-0.15, -0.1) is 0 Å². The molecular formula is C30H32FN7O3. The quantitative estimate of drug-likeness (QED) is 0.263. The molecule has 1 fully saturated rings. The minimum Gasteiger partial charge on any atom is -0.495 e. The fourth-order valence-corrected chi connectivity index (χ4v) is 4.69. The molecule has 0 unspecified atom stereocenters. The van der Waals surface area contributed by atoms with Crippen molar-refractivity contribution < 1.29 is 18.7 Å². The summed E-state index contributed by atoms with van der Waals surface area (Å²) in [7, 11) is 5.37. The Balaban J connectivity index is 1.35. The standard InChI is InChI=1S/C30H32FN7O3/c1-5-29(39)38-12-9-19(10-13-38)35-26-16-22-25(17-27(26)40-4)33-18-34-30(22)36-24-7-6-20(14-23(24)31)41-21-8-11-32-28(15-21)37(2)3/h5-8,11,14-19,35H,1,9-10,12-13H2,2-4H3,(H,33,34,36). The molecular weight excluding hydrogens is 525 g/mol. The van der Waals surface area contributed by atoms with E-state index in [2.05, 4.69) is 32.2 Å². The lowest BCUT2D eigenvalue weighted by Crippen LogP contribution is -2.41. The van der Waals surface area contributed by atoms with Crippen LogP contribution in [0.5, 0.6) is 17.2 Å².